The highest BCUT2D eigenvalue weighted by molar-refractivity contribution is 5.93. The number of aliphatic hydroxyl groups is 3. The minimum absolute atomic E-state index is 0.0242. The van der Waals surface area contributed by atoms with Crippen LogP contribution in [0.5, 0.6) is 0 Å². The van der Waals surface area contributed by atoms with Crippen LogP contribution in [-0.4, -0.2) is 139 Å². The zero-order chi connectivity index (χ0) is 44.7. The zero-order valence-electron chi connectivity index (χ0n) is 38.2. The van der Waals surface area contributed by atoms with Crippen molar-refractivity contribution < 1.29 is 67.5 Å². The summed E-state index contributed by atoms with van der Waals surface area (Å²) in [4.78, 5) is 14.3. The van der Waals surface area contributed by atoms with Crippen LogP contribution in [0.3, 0.4) is 0 Å². The standard InChI is InChI=1S/C48H72O14/c1-11-25(2)43-28(5)17-18-47(62-43)23-34-20-33(61-47)16-15-27(4)42(26(3)13-12-14-32-24-55-45-40(49)29(6)19-35(46(51)58-34)48(32,45)52)59-39-22-37(54-10)44(31(8)57-39)60-38-21-36(53-9)41(50)30(7)56-38/h12-15,17-19,25-26,28-31,33-34,36-45,49-50,52H,11,16,20-24H2,1-10H3. The number of hydrogen-bond acceptors (Lipinski definition) is 14. The Balaban J connectivity index is 1.18. The Bertz CT molecular complexity index is 1730. The molecule has 0 radical (unpaired) electrons. The molecule has 0 aromatic heterocycles. The van der Waals surface area contributed by atoms with E-state index in [1.165, 1.54) is 0 Å². The number of rotatable bonds is 8. The average Bonchev–Trinajstić information content (AvgIpc) is 3.58. The molecule has 4 fully saturated rings. The molecule has 7 aliphatic rings. The molecule has 1 spiro atoms. The second-order valence-corrected chi connectivity index (χ2v) is 19.0. The normalized spacial score (nSPS) is 47.0. The summed E-state index contributed by atoms with van der Waals surface area (Å²) in [5.41, 5.74) is -0.426. The highest BCUT2D eigenvalue weighted by Gasteiger charge is 2.58. The first-order chi connectivity index (χ1) is 29.5. The number of hydrogen-bond donors (Lipinski definition) is 3. The third-order valence-electron chi connectivity index (χ3n) is 14.4. The van der Waals surface area contributed by atoms with Crippen molar-refractivity contribution in [1.29, 1.82) is 0 Å². The molecular formula is C48H72O14. The molecular weight excluding hydrogens is 801 g/mol. The minimum Gasteiger partial charge on any atom is -0.459 e. The number of esters is 1. The van der Waals surface area contributed by atoms with Gasteiger partial charge in [-0.2, -0.15) is 0 Å². The monoisotopic (exact) mass is 872 g/mol. The predicted molar refractivity (Wildman–Crippen MR) is 227 cm³/mol. The summed E-state index contributed by atoms with van der Waals surface area (Å²) in [7, 11) is 3.22. The fourth-order valence-electron chi connectivity index (χ4n) is 10.5. The van der Waals surface area contributed by atoms with Crippen LogP contribution in [0.1, 0.15) is 93.9 Å². The number of carbonyl (C=O) groups is 1. The van der Waals surface area contributed by atoms with Crippen molar-refractivity contribution in [2.75, 3.05) is 20.8 Å². The van der Waals surface area contributed by atoms with Crippen molar-refractivity contribution >= 4 is 5.97 Å². The Morgan fingerprint density at radius 1 is 0.871 bits per heavy atom. The van der Waals surface area contributed by atoms with Gasteiger partial charge in [0, 0.05) is 57.7 Å². The molecule has 4 saturated heterocycles. The number of fused-ring (bicyclic) bond motifs is 2. The van der Waals surface area contributed by atoms with Crippen LogP contribution in [0.15, 0.2) is 59.3 Å². The number of aliphatic hydroxyl groups excluding tert-OH is 2. The highest BCUT2D eigenvalue weighted by Crippen LogP contribution is 2.47. The first kappa shape index (κ1) is 47.6. The van der Waals surface area contributed by atoms with Gasteiger partial charge in [-0.05, 0) is 50.3 Å². The maximum Gasteiger partial charge on any atom is 0.337 e. The molecule has 348 valence electrons. The quantitative estimate of drug-likeness (QED) is 0.210. The molecule has 62 heavy (non-hydrogen) atoms. The Morgan fingerprint density at radius 3 is 2.31 bits per heavy atom. The maximum absolute atomic E-state index is 14.3. The molecule has 7 rings (SSSR count). The van der Waals surface area contributed by atoms with E-state index >= 15 is 0 Å². The van der Waals surface area contributed by atoms with E-state index in [0.717, 1.165) is 12.0 Å². The van der Waals surface area contributed by atoms with E-state index in [0.29, 0.717) is 31.3 Å². The molecule has 14 nitrogen and oxygen atoms in total. The minimum atomic E-state index is -1.90. The van der Waals surface area contributed by atoms with Crippen LogP contribution in [0.25, 0.3) is 0 Å². The second kappa shape index (κ2) is 19.7. The first-order valence-corrected chi connectivity index (χ1v) is 22.9. The summed E-state index contributed by atoms with van der Waals surface area (Å²) in [5, 5.41) is 34.2. The molecule has 6 aliphatic heterocycles. The van der Waals surface area contributed by atoms with Gasteiger partial charge in [-0.1, -0.05) is 77.5 Å². The molecule has 20 atom stereocenters. The fraction of sp³-hybridized carbons (Fsp3) is 0.771. The average molecular weight is 873 g/mol. The molecule has 0 amide bonds. The van der Waals surface area contributed by atoms with Crippen molar-refractivity contribution in [3.63, 3.8) is 0 Å². The molecule has 1 aliphatic carbocycles. The molecule has 6 heterocycles. The van der Waals surface area contributed by atoms with E-state index in [1.807, 2.05) is 32.1 Å². The van der Waals surface area contributed by atoms with Crippen LogP contribution >= 0.6 is 0 Å². The van der Waals surface area contributed by atoms with Gasteiger partial charge in [-0.25, -0.2) is 4.79 Å². The lowest BCUT2D eigenvalue weighted by atomic mass is 9.72. The van der Waals surface area contributed by atoms with Gasteiger partial charge in [-0.3, -0.25) is 0 Å². The first-order valence-electron chi connectivity index (χ1n) is 22.9. The highest BCUT2D eigenvalue weighted by atomic mass is 16.7. The van der Waals surface area contributed by atoms with Gasteiger partial charge < -0.3 is 62.7 Å². The Kier molecular flexibility index (Phi) is 15.1. The fourth-order valence-corrected chi connectivity index (χ4v) is 10.5. The lowest BCUT2D eigenvalue weighted by Gasteiger charge is -2.48. The van der Waals surface area contributed by atoms with E-state index in [-0.39, 0.29) is 54.7 Å². The maximum atomic E-state index is 14.3. The lowest BCUT2D eigenvalue weighted by molar-refractivity contribution is -0.318. The van der Waals surface area contributed by atoms with Gasteiger partial charge in [0.1, 0.15) is 30.0 Å². The van der Waals surface area contributed by atoms with Gasteiger partial charge in [0.25, 0.3) is 0 Å². The van der Waals surface area contributed by atoms with E-state index in [1.54, 1.807) is 40.2 Å². The van der Waals surface area contributed by atoms with Crippen molar-refractivity contribution in [3.8, 4) is 0 Å². The molecule has 0 saturated carbocycles. The summed E-state index contributed by atoms with van der Waals surface area (Å²) in [5.74, 6) is -1.99. The molecule has 0 aromatic carbocycles. The van der Waals surface area contributed by atoms with Crippen LogP contribution in [-0.2, 0) is 52.2 Å². The van der Waals surface area contributed by atoms with Gasteiger partial charge >= 0.3 is 5.97 Å². The second-order valence-electron chi connectivity index (χ2n) is 19.0. The molecule has 0 aromatic rings. The van der Waals surface area contributed by atoms with E-state index < -0.39 is 90.8 Å². The van der Waals surface area contributed by atoms with E-state index in [4.69, 9.17) is 47.4 Å². The smallest absolute Gasteiger partial charge is 0.337 e. The summed E-state index contributed by atoms with van der Waals surface area (Å²) in [6.07, 6.45) is 8.54. The van der Waals surface area contributed by atoms with Gasteiger partial charge in [-0.15, -0.1) is 0 Å². The van der Waals surface area contributed by atoms with Crippen molar-refractivity contribution in [3.05, 3.63) is 59.3 Å². The summed E-state index contributed by atoms with van der Waals surface area (Å²) >= 11 is 0. The number of ether oxygens (including phenoxy) is 10. The van der Waals surface area contributed by atoms with Crippen LogP contribution in [0.2, 0.25) is 0 Å². The molecule has 20 unspecified atom stereocenters. The Hall–Kier alpha value is -2.31. The zero-order valence-corrected chi connectivity index (χ0v) is 38.2. The largest absolute Gasteiger partial charge is 0.459 e. The SMILES string of the molecule is CCC(C)C1OC2(C=CC1C)CC1CC(CC=C(C)C(OC3CC(OC)C(OC4CC(OC)C(O)C(C)O4)C(C)O3)C(C)C=CC=C3COC4C(O)C(C)C=C(C(=O)O1)C34O)O2. The Morgan fingerprint density at radius 2 is 1.58 bits per heavy atom. The topological polar surface area (TPSA) is 170 Å². The van der Waals surface area contributed by atoms with Crippen LogP contribution < -0.4 is 0 Å². The predicted octanol–water partition coefficient (Wildman–Crippen LogP) is 5.38. The molecule has 3 N–H and O–H groups in total. The molecule has 2 bridgehead atoms. The summed E-state index contributed by atoms with van der Waals surface area (Å²) < 4.78 is 63.6. The van der Waals surface area contributed by atoms with Gasteiger partial charge in [0.15, 0.2) is 18.4 Å². The van der Waals surface area contributed by atoms with Crippen molar-refractivity contribution in [1.82, 2.24) is 0 Å². The number of allylic oxidation sites excluding steroid dienone is 2. The van der Waals surface area contributed by atoms with Crippen molar-refractivity contribution in [2.24, 2.45) is 23.7 Å². The lowest BCUT2D eigenvalue weighted by Crippen LogP contribution is -2.56. The third kappa shape index (κ3) is 9.64. The Labute approximate surface area is 367 Å². The van der Waals surface area contributed by atoms with Crippen molar-refractivity contribution in [2.45, 2.75) is 191 Å². The van der Waals surface area contributed by atoms with Gasteiger partial charge in [0.2, 0.25) is 0 Å². The number of methoxy groups -OCH3 is 2. The van der Waals surface area contributed by atoms with Gasteiger partial charge in [0.05, 0.1) is 61.0 Å². The molecule has 14 heteroatoms. The summed E-state index contributed by atoms with van der Waals surface area (Å²) in [6, 6.07) is 0. The number of carbonyl (C=O) groups excluding carboxylic acids is 1. The third-order valence-corrected chi connectivity index (χ3v) is 14.4. The van der Waals surface area contributed by atoms with Crippen LogP contribution in [0, 0.1) is 23.7 Å². The summed E-state index contributed by atoms with van der Waals surface area (Å²) in [6.45, 7) is 16.1. The van der Waals surface area contributed by atoms with Crippen LogP contribution in [0.4, 0.5) is 0 Å². The van der Waals surface area contributed by atoms with E-state index in [2.05, 4.69) is 39.8 Å². The van der Waals surface area contributed by atoms with E-state index in [9.17, 15) is 20.1 Å².